The van der Waals surface area contributed by atoms with Gasteiger partial charge in [0.15, 0.2) is 4.58 Å². The van der Waals surface area contributed by atoms with Crippen molar-refractivity contribution in [1.82, 2.24) is 0 Å². The van der Waals surface area contributed by atoms with Crippen LogP contribution in [0.2, 0.25) is 0 Å². The van der Waals surface area contributed by atoms with Crippen LogP contribution in [0.15, 0.2) is 0 Å². The second-order valence-electron chi connectivity index (χ2n) is 2.80. The Bertz CT molecular complexity index is 774. The van der Waals surface area contributed by atoms with E-state index in [1.165, 1.54) is 0 Å². The van der Waals surface area contributed by atoms with Crippen LogP contribution in [0.3, 0.4) is 0 Å². The van der Waals surface area contributed by atoms with Gasteiger partial charge in [-0.05, 0) is 6.92 Å². The molecule has 0 radical (unpaired) electrons. The Morgan fingerprint density at radius 1 is 0.700 bits per heavy atom. The second-order valence-corrected chi connectivity index (χ2v) is 20.0. The summed E-state index contributed by atoms with van der Waals surface area (Å²) in [5.74, 6) is 0. The van der Waals surface area contributed by atoms with Crippen LogP contribution in [0, 0.1) is 0 Å². The highest BCUT2D eigenvalue weighted by Gasteiger charge is 2.53. The van der Waals surface area contributed by atoms with E-state index < -0.39 is 58.3 Å². The van der Waals surface area contributed by atoms with Gasteiger partial charge >= 0.3 is 15.8 Å². The van der Waals surface area contributed by atoms with Crippen molar-refractivity contribution < 1.29 is 51.2 Å². The van der Waals surface area contributed by atoms with Gasteiger partial charge in [0, 0.05) is 0 Å². The van der Waals surface area contributed by atoms with Crippen molar-refractivity contribution in [2.24, 2.45) is 0 Å². The lowest BCUT2D eigenvalue weighted by atomic mass is 11.0. The molecule has 0 amide bonds. The van der Waals surface area contributed by atoms with Crippen molar-refractivity contribution >= 4 is 53.8 Å². The fourth-order valence-corrected chi connectivity index (χ4v) is 15.9. The largest absolute Gasteiger partial charge is 0.359 e. The molecule has 0 fully saturated rings. The summed E-state index contributed by atoms with van der Waals surface area (Å²) in [6, 6.07) is 0. The minimum Gasteiger partial charge on any atom is -0.293 e. The van der Waals surface area contributed by atoms with Crippen LogP contribution in [0.1, 0.15) is 6.92 Å². The number of rotatable bonds is 6. The lowest BCUT2D eigenvalue weighted by molar-refractivity contribution is 0.559. The van der Waals surface area contributed by atoms with E-state index in [-0.39, 0.29) is 6.92 Å². The average Bonchev–Trinajstić information content (AvgIpc) is 2.26. The first kappa shape index (κ1) is 20.0. The van der Waals surface area contributed by atoms with E-state index in [0.717, 1.165) is 0 Å². The average molecular weight is 414 g/mol. The highest BCUT2D eigenvalue weighted by atomic mass is 33.6. The molecule has 0 rings (SSSR count). The topological polar surface area (TPSA) is 211 Å². The summed E-state index contributed by atoms with van der Waals surface area (Å²) < 4.78 is 123. The molecule has 2 atom stereocenters. The normalized spacial score (nSPS) is 19.1. The zero-order valence-electron chi connectivity index (χ0n) is 9.00. The van der Waals surface area contributed by atoms with Crippen LogP contribution in [0.25, 0.3) is 0 Å². The minimum atomic E-state index is -6.00. The Labute approximate surface area is 116 Å². The maximum atomic E-state index is 11.3. The van der Waals surface area contributed by atoms with Gasteiger partial charge in [-0.3, -0.25) is 9.11 Å². The fraction of sp³-hybridized carbons (Fsp3) is 1.00. The standard InChI is InChI=1S/C2H6O12S6/c1-2(17(7,8)19(11,12)15(3)4)18(9,10)20(13,14)16(5)6/h2H,1H3,(H,3,4)(H,5,6). The maximum absolute atomic E-state index is 11.3. The summed E-state index contributed by atoms with van der Waals surface area (Å²) in [6.07, 6.45) is 0. The third-order valence-electron chi connectivity index (χ3n) is 1.73. The molecule has 122 valence electrons. The first-order valence-electron chi connectivity index (χ1n) is 3.75. The lowest BCUT2D eigenvalue weighted by Crippen LogP contribution is -2.38. The third kappa shape index (κ3) is 2.96. The van der Waals surface area contributed by atoms with Gasteiger partial charge < -0.3 is 0 Å². The van der Waals surface area contributed by atoms with E-state index >= 15 is 0 Å². The first-order chi connectivity index (χ1) is 8.54. The van der Waals surface area contributed by atoms with Crippen LogP contribution in [-0.4, -0.2) is 55.8 Å². The molecule has 2 N–H and O–H groups in total. The monoisotopic (exact) mass is 414 g/mol. The summed E-state index contributed by atoms with van der Waals surface area (Å²) in [7, 11) is -32.0. The molecule has 0 aliphatic heterocycles. The predicted octanol–water partition coefficient (Wildman–Crippen LogP) is -2.90. The van der Waals surface area contributed by atoms with Gasteiger partial charge in [0.25, 0.3) is 38.0 Å². The molecule has 0 aromatic carbocycles. The lowest BCUT2D eigenvalue weighted by Gasteiger charge is -2.11. The van der Waals surface area contributed by atoms with E-state index in [9.17, 15) is 42.1 Å². The van der Waals surface area contributed by atoms with Crippen molar-refractivity contribution in [3.8, 4) is 0 Å². The molecular weight excluding hydrogens is 408 g/mol. The van der Waals surface area contributed by atoms with Crippen molar-refractivity contribution in [2.75, 3.05) is 0 Å². The Hall–Kier alpha value is 0.0200. The maximum Gasteiger partial charge on any atom is 0.359 e. The van der Waals surface area contributed by atoms with Gasteiger partial charge in [-0.25, -0.2) is 25.3 Å². The summed E-state index contributed by atoms with van der Waals surface area (Å²) in [5, 5.41) is 0. The summed E-state index contributed by atoms with van der Waals surface area (Å²) in [5.41, 5.74) is 0. The Balaban J connectivity index is 6.43. The van der Waals surface area contributed by atoms with E-state index in [1.807, 2.05) is 0 Å². The van der Waals surface area contributed by atoms with Gasteiger partial charge in [0.2, 0.25) is 0 Å². The summed E-state index contributed by atoms with van der Waals surface area (Å²) in [6.45, 7) is 0.0550. The molecule has 0 saturated carbocycles. The van der Waals surface area contributed by atoms with Crippen LogP contribution in [-0.2, 0) is 53.8 Å². The molecule has 12 nitrogen and oxygen atoms in total. The van der Waals surface area contributed by atoms with Crippen molar-refractivity contribution in [1.29, 1.82) is 0 Å². The van der Waals surface area contributed by atoms with E-state index in [2.05, 4.69) is 0 Å². The molecular formula is C2H6O12S6. The van der Waals surface area contributed by atoms with Gasteiger partial charge in [-0.1, -0.05) is 0 Å². The molecule has 0 aliphatic carbocycles. The molecule has 2 unspecified atom stereocenters. The van der Waals surface area contributed by atoms with Crippen LogP contribution in [0.4, 0.5) is 0 Å². The molecule has 0 saturated heterocycles. The van der Waals surface area contributed by atoms with Crippen LogP contribution >= 0.6 is 0 Å². The minimum absolute atomic E-state index is 0.0550. The fourth-order valence-electron chi connectivity index (χ4n) is 0.639. The zero-order chi connectivity index (χ0) is 16.7. The molecule has 0 aliphatic rings. The van der Waals surface area contributed by atoms with Gasteiger partial charge in [0.1, 0.15) is 0 Å². The SMILES string of the molecule is CC(S(=O)(=O)S(=O)(=O)S(=O)O)S(=O)(=O)S(=O)(=O)S(=O)O. The Morgan fingerprint density at radius 3 is 1.05 bits per heavy atom. The van der Waals surface area contributed by atoms with Crippen molar-refractivity contribution in [3.63, 3.8) is 0 Å². The zero-order valence-corrected chi connectivity index (χ0v) is 13.9. The molecule has 0 bridgehead atoms. The van der Waals surface area contributed by atoms with Crippen molar-refractivity contribution in [2.45, 2.75) is 11.5 Å². The van der Waals surface area contributed by atoms with Crippen LogP contribution < -0.4 is 0 Å². The van der Waals surface area contributed by atoms with Gasteiger partial charge in [-0.2, -0.15) is 16.8 Å². The van der Waals surface area contributed by atoms with Gasteiger partial charge in [0.05, 0.1) is 0 Å². The predicted molar refractivity (Wildman–Crippen MR) is 66.7 cm³/mol. The molecule has 0 spiro atoms. The Kier molecular flexibility index (Phi) is 5.67. The first-order valence-corrected chi connectivity index (χ1v) is 14.1. The number of hydrogen-bond acceptors (Lipinski definition) is 10. The van der Waals surface area contributed by atoms with E-state index in [1.54, 1.807) is 0 Å². The van der Waals surface area contributed by atoms with E-state index in [4.69, 9.17) is 9.11 Å². The second kappa shape index (κ2) is 5.66. The molecule has 20 heavy (non-hydrogen) atoms. The van der Waals surface area contributed by atoms with Crippen LogP contribution in [0.5, 0.6) is 0 Å². The smallest absolute Gasteiger partial charge is 0.293 e. The molecule has 0 heterocycles. The summed E-state index contributed by atoms with van der Waals surface area (Å²) in [4.78, 5) is 0. The quantitative estimate of drug-likeness (QED) is 0.331. The van der Waals surface area contributed by atoms with Crippen molar-refractivity contribution in [3.05, 3.63) is 0 Å². The van der Waals surface area contributed by atoms with E-state index in [0.29, 0.717) is 0 Å². The Morgan fingerprint density at radius 2 is 0.900 bits per heavy atom. The molecule has 18 heteroatoms. The molecule has 0 aromatic rings. The van der Waals surface area contributed by atoms with Gasteiger partial charge in [-0.15, -0.1) is 0 Å². The highest BCUT2D eigenvalue weighted by molar-refractivity contribution is 9.01. The summed E-state index contributed by atoms with van der Waals surface area (Å²) >= 11 is 0. The number of hydrogen-bond donors (Lipinski definition) is 2. The highest BCUT2D eigenvalue weighted by Crippen LogP contribution is 2.24. The molecule has 0 aromatic heterocycles. The third-order valence-corrected chi connectivity index (χ3v) is 20.2.